The molecule has 0 aliphatic heterocycles. The van der Waals surface area contributed by atoms with Crippen LogP contribution in [-0.2, 0) is 6.42 Å². The fourth-order valence-corrected chi connectivity index (χ4v) is 1.54. The predicted octanol–water partition coefficient (Wildman–Crippen LogP) is 1.56. The number of nitrogen functional groups attached to an aromatic ring is 1. The zero-order chi connectivity index (χ0) is 12.0. The van der Waals surface area contributed by atoms with Crippen molar-refractivity contribution in [2.24, 2.45) is 5.84 Å². The largest absolute Gasteiger partial charge is 0.360 e. The minimum absolute atomic E-state index is 0.677. The smallest absolute Gasteiger partial charge is 0.145 e. The van der Waals surface area contributed by atoms with Gasteiger partial charge in [-0.1, -0.05) is 13.8 Å². The Hall–Kier alpha value is -1.36. The van der Waals surface area contributed by atoms with Gasteiger partial charge in [-0.2, -0.15) is 0 Å². The maximum atomic E-state index is 5.40. The molecule has 16 heavy (non-hydrogen) atoms. The summed E-state index contributed by atoms with van der Waals surface area (Å²) in [7, 11) is 2.03. The zero-order valence-corrected chi connectivity index (χ0v) is 10.3. The van der Waals surface area contributed by atoms with Crippen LogP contribution in [0.25, 0.3) is 0 Å². The molecule has 0 amide bonds. The van der Waals surface area contributed by atoms with E-state index in [9.17, 15) is 0 Å². The Morgan fingerprint density at radius 1 is 1.31 bits per heavy atom. The van der Waals surface area contributed by atoms with Gasteiger partial charge in [0.05, 0.1) is 0 Å². The zero-order valence-electron chi connectivity index (χ0n) is 10.3. The van der Waals surface area contributed by atoms with E-state index < -0.39 is 0 Å². The Kier molecular flexibility index (Phi) is 4.98. The van der Waals surface area contributed by atoms with Crippen molar-refractivity contribution < 1.29 is 0 Å². The molecule has 1 aromatic rings. The summed E-state index contributed by atoms with van der Waals surface area (Å²) in [6, 6.07) is 1.87. The van der Waals surface area contributed by atoms with Crippen LogP contribution in [0.2, 0.25) is 0 Å². The van der Waals surface area contributed by atoms with Gasteiger partial charge < -0.3 is 10.3 Å². The third-order valence-corrected chi connectivity index (χ3v) is 2.33. The van der Waals surface area contributed by atoms with Gasteiger partial charge in [-0.25, -0.2) is 15.8 Å². The Morgan fingerprint density at radius 2 is 2.06 bits per heavy atom. The van der Waals surface area contributed by atoms with Gasteiger partial charge in [0.1, 0.15) is 17.5 Å². The molecule has 0 bridgehead atoms. The van der Waals surface area contributed by atoms with Crippen LogP contribution in [-0.4, -0.2) is 23.6 Å². The second-order valence-corrected chi connectivity index (χ2v) is 3.84. The van der Waals surface area contributed by atoms with Gasteiger partial charge in [0.2, 0.25) is 0 Å². The van der Waals surface area contributed by atoms with Gasteiger partial charge in [-0.3, -0.25) is 0 Å². The minimum atomic E-state index is 0.677. The molecule has 90 valence electrons. The number of rotatable bonds is 6. The van der Waals surface area contributed by atoms with E-state index >= 15 is 0 Å². The van der Waals surface area contributed by atoms with E-state index in [-0.39, 0.29) is 0 Å². The minimum Gasteiger partial charge on any atom is -0.360 e. The van der Waals surface area contributed by atoms with E-state index in [4.69, 9.17) is 5.84 Å². The average molecular weight is 223 g/mol. The average Bonchev–Trinajstić information content (AvgIpc) is 2.29. The number of hydrogen-bond donors (Lipinski definition) is 2. The van der Waals surface area contributed by atoms with E-state index in [0.29, 0.717) is 5.82 Å². The number of anilines is 2. The molecule has 1 heterocycles. The third-order valence-electron chi connectivity index (χ3n) is 2.33. The maximum absolute atomic E-state index is 5.40. The second-order valence-electron chi connectivity index (χ2n) is 3.84. The van der Waals surface area contributed by atoms with Crippen molar-refractivity contribution in [3.63, 3.8) is 0 Å². The van der Waals surface area contributed by atoms with E-state index in [0.717, 1.165) is 37.4 Å². The van der Waals surface area contributed by atoms with Gasteiger partial charge in [-0.15, -0.1) is 0 Å². The lowest BCUT2D eigenvalue weighted by molar-refractivity contribution is 0.798. The normalized spacial score (nSPS) is 10.2. The molecule has 0 aliphatic rings. The van der Waals surface area contributed by atoms with Crippen LogP contribution in [0.5, 0.6) is 0 Å². The molecule has 0 atom stereocenters. The van der Waals surface area contributed by atoms with Gasteiger partial charge in [0.25, 0.3) is 0 Å². The van der Waals surface area contributed by atoms with Crippen molar-refractivity contribution in [1.29, 1.82) is 0 Å². The first-order valence-corrected chi connectivity index (χ1v) is 5.77. The highest BCUT2D eigenvalue weighted by molar-refractivity contribution is 5.48. The van der Waals surface area contributed by atoms with E-state index in [1.54, 1.807) is 0 Å². The van der Waals surface area contributed by atoms with Crippen LogP contribution < -0.4 is 16.2 Å². The molecule has 0 saturated heterocycles. The first-order chi connectivity index (χ1) is 7.71. The van der Waals surface area contributed by atoms with Crippen molar-refractivity contribution in [2.45, 2.75) is 33.1 Å². The molecular weight excluding hydrogens is 202 g/mol. The predicted molar refractivity (Wildman–Crippen MR) is 67.4 cm³/mol. The van der Waals surface area contributed by atoms with Crippen LogP contribution in [0.3, 0.4) is 0 Å². The molecule has 1 rings (SSSR count). The molecule has 0 aliphatic carbocycles. The Morgan fingerprint density at radius 3 is 2.62 bits per heavy atom. The molecule has 1 aromatic heterocycles. The highest BCUT2D eigenvalue weighted by atomic mass is 15.3. The number of hydrazine groups is 1. The van der Waals surface area contributed by atoms with Gasteiger partial charge in [0.15, 0.2) is 0 Å². The number of aromatic nitrogens is 2. The summed E-state index contributed by atoms with van der Waals surface area (Å²) in [5.41, 5.74) is 2.59. The monoisotopic (exact) mass is 223 g/mol. The molecule has 0 fully saturated rings. The molecule has 0 saturated carbocycles. The first-order valence-electron chi connectivity index (χ1n) is 5.77. The third kappa shape index (κ3) is 3.34. The molecule has 5 heteroatoms. The van der Waals surface area contributed by atoms with E-state index in [1.807, 2.05) is 13.1 Å². The van der Waals surface area contributed by atoms with Gasteiger partial charge >= 0.3 is 0 Å². The quantitative estimate of drug-likeness (QED) is 0.566. The molecule has 3 N–H and O–H groups in total. The highest BCUT2D eigenvalue weighted by Crippen LogP contribution is 2.15. The first kappa shape index (κ1) is 12.7. The summed E-state index contributed by atoms with van der Waals surface area (Å²) in [6.45, 7) is 5.24. The molecule has 0 aromatic carbocycles. The highest BCUT2D eigenvalue weighted by Gasteiger charge is 2.06. The Labute approximate surface area is 97.0 Å². The number of nitrogens with zero attached hydrogens (tertiary/aromatic N) is 3. The number of hydrogen-bond acceptors (Lipinski definition) is 5. The Balaban J connectivity index is 2.93. The summed E-state index contributed by atoms with van der Waals surface area (Å²) in [6.07, 6.45) is 3.00. The van der Waals surface area contributed by atoms with Crippen molar-refractivity contribution in [2.75, 3.05) is 23.9 Å². The number of nitrogens with one attached hydrogen (secondary N) is 1. The Bertz CT molecular complexity index is 326. The summed E-state index contributed by atoms with van der Waals surface area (Å²) >= 11 is 0. The lowest BCUT2D eigenvalue weighted by Crippen LogP contribution is -2.21. The van der Waals surface area contributed by atoms with Crippen molar-refractivity contribution in [3.8, 4) is 0 Å². The second kappa shape index (κ2) is 6.27. The fourth-order valence-electron chi connectivity index (χ4n) is 1.54. The molecule has 0 radical (unpaired) electrons. The van der Waals surface area contributed by atoms with Crippen molar-refractivity contribution >= 4 is 11.6 Å². The summed E-state index contributed by atoms with van der Waals surface area (Å²) in [5.74, 6) is 7.84. The number of aryl methyl sites for hydroxylation is 1. The van der Waals surface area contributed by atoms with Crippen LogP contribution in [0.15, 0.2) is 6.07 Å². The maximum Gasteiger partial charge on any atom is 0.145 e. The number of nitrogens with two attached hydrogens (primary N) is 1. The van der Waals surface area contributed by atoms with Gasteiger partial charge in [-0.05, 0) is 12.8 Å². The van der Waals surface area contributed by atoms with Crippen LogP contribution in [0, 0.1) is 0 Å². The molecular formula is C11H21N5. The topological polar surface area (TPSA) is 67.1 Å². The lowest BCUT2D eigenvalue weighted by atomic mass is 10.3. The summed E-state index contributed by atoms with van der Waals surface area (Å²) in [4.78, 5) is 10.9. The van der Waals surface area contributed by atoms with Crippen LogP contribution in [0.4, 0.5) is 11.6 Å². The molecule has 5 nitrogen and oxygen atoms in total. The summed E-state index contributed by atoms with van der Waals surface area (Å²) in [5, 5.41) is 0. The molecule has 0 unspecified atom stereocenters. The SMILES string of the molecule is CCCc1nc(NN)cc(N(C)CCC)n1. The van der Waals surface area contributed by atoms with E-state index in [2.05, 4.69) is 34.1 Å². The fraction of sp³-hybridized carbons (Fsp3) is 0.636. The lowest BCUT2D eigenvalue weighted by Gasteiger charge is -2.18. The van der Waals surface area contributed by atoms with Crippen molar-refractivity contribution in [1.82, 2.24) is 9.97 Å². The summed E-state index contributed by atoms with van der Waals surface area (Å²) < 4.78 is 0. The van der Waals surface area contributed by atoms with Crippen molar-refractivity contribution in [3.05, 3.63) is 11.9 Å². The standard InChI is InChI=1S/C11H21N5/c1-4-6-9-13-10(15-12)8-11(14-9)16(3)7-5-2/h8H,4-7,12H2,1-3H3,(H,13,14,15). The van der Waals surface area contributed by atoms with Gasteiger partial charge in [0, 0.05) is 26.1 Å². The molecule has 0 spiro atoms. The van der Waals surface area contributed by atoms with Crippen LogP contribution >= 0.6 is 0 Å². The van der Waals surface area contributed by atoms with E-state index in [1.165, 1.54) is 0 Å². The van der Waals surface area contributed by atoms with Crippen LogP contribution in [0.1, 0.15) is 32.5 Å².